The van der Waals surface area contributed by atoms with E-state index >= 15 is 0 Å². The van der Waals surface area contributed by atoms with Gasteiger partial charge in [-0.3, -0.25) is 0 Å². The number of carbonyl (C=O) groups is 2. The minimum Gasteiger partial charge on any atom is -0.447 e. The van der Waals surface area contributed by atoms with E-state index in [2.05, 4.69) is 0 Å². The summed E-state index contributed by atoms with van der Waals surface area (Å²) in [6, 6.07) is -0.652. The highest BCUT2D eigenvalue weighted by atomic mass is 16.6. The lowest BCUT2D eigenvalue weighted by molar-refractivity contribution is 0.0738. The number of rotatable bonds is 6. The first-order valence-electron chi connectivity index (χ1n) is 7.70. The van der Waals surface area contributed by atoms with Crippen LogP contribution in [-0.2, 0) is 9.47 Å². The molecule has 1 rings (SSSR count). The number of hydrogen-bond donors (Lipinski definition) is 0. The quantitative estimate of drug-likeness (QED) is 0.428. The molecule has 0 bridgehead atoms. The van der Waals surface area contributed by atoms with E-state index in [4.69, 9.17) is 14.7 Å². The van der Waals surface area contributed by atoms with Crippen LogP contribution in [-0.4, -0.2) is 55.8 Å². The molecule has 0 atom stereocenters. The number of amides is 3. The molecule has 0 N–H and O–H groups in total. The van der Waals surface area contributed by atoms with Gasteiger partial charge in [0.1, 0.15) is 6.61 Å². The van der Waals surface area contributed by atoms with E-state index in [1.54, 1.807) is 6.19 Å². The largest absolute Gasteiger partial charge is 0.447 e. The van der Waals surface area contributed by atoms with Gasteiger partial charge < -0.3 is 9.47 Å². The molecule has 0 aromatic heterocycles. The lowest BCUT2D eigenvalue weighted by atomic mass is 9.87. The number of urea groups is 1. The summed E-state index contributed by atoms with van der Waals surface area (Å²) in [5.74, 6) is 0.531. The summed E-state index contributed by atoms with van der Waals surface area (Å²) in [6.45, 7) is 0.630. The lowest BCUT2D eigenvalue weighted by Crippen LogP contribution is -2.44. The Morgan fingerprint density at radius 2 is 1.91 bits per heavy atom. The van der Waals surface area contributed by atoms with Gasteiger partial charge in [-0.25, -0.2) is 19.4 Å². The number of carbonyl (C=O) groups excluding carboxylic acids is 2. The maximum Gasteiger partial charge on any atom is 0.418 e. The van der Waals surface area contributed by atoms with Gasteiger partial charge in [0.2, 0.25) is 0 Å². The minimum atomic E-state index is -0.722. The number of ether oxygens (including phenoxy) is 2. The van der Waals surface area contributed by atoms with Gasteiger partial charge in [-0.15, -0.1) is 0 Å². The second-order valence-electron chi connectivity index (χ2n) is 5.49. The monoisotopic (exact) mass is 311 g/mol. The molecule has 1 aliphatic rings. The van der Waals surface area contributed by atoms with Gasteiger partial charge in [0, 0.05) is 20.7 Å². The molecule has 1 fully saturated rings. The van der Waals surface area contributed by atoms with Crippen molar-refractivity contribution in [2.45, 2.75) is 38.5 Å². The smallest absolute Gasteiger partial charge is 0.418 e. The van der Waals surface area contributed by atoms with Crippen molar-refractivity contribution in [3.05, 3.63) is 0 Å². The minimum absolute atomic E-state index is 0.0822. The zero-order valence-electron chi connectivity index (χ0n) is 13.4. The third-order valence-electron chi connectivity index (χ3n) is 3.89. The molecule has 0 unspecified atom stereocenters. The van der Waals surface area contributed by atoms with Crippen LogP contribution in [0.1, 0.15) is 38.5 Å². The summed E-state index contributed by atoms with van der Waals surface area (Å²) in [6.07, 6.45) is 7.68. The standard InChI is InChI=1S/C15H25N3O4/c1-17(12-16)14(19)18(15(20)22-11-10-21-2)9-8-13-6-4-3-5-7-13/h13H,3-11H2,1-2H3. The number of nitriles is 1. The first-order chi connectivity index (χ1) is 10.6. The molecule has 0 aromatic carbocycles. The Morgan fingerprint density at radius 3 is 2.50 bits per heavy atom. The van der Waals surface area contributed by atoms with Crippen LogP contribution < -0.4 is 0 Å². The highest BCUT2D eigenvalue weighted by Crippen LogP contribution is 2.26. The predicted octanol–water partition coefficient (Wildman–Crippen LogP) is 2.57. The molecule has 7 heteroatoms. The Hall–Kier alpha value is -1.81. The van der Waals surface area contributed by atoms with Gasteiger partial charge in [0.25, 0.3) is 0 Å². The van der Waals surface area contributed by atoms with Crippen LogP contribution in [0.15, 0.2) is 0 Å². The Balaban J connectivity index is 2.58. The second kappa shape index (κ2) is 10.0. The fourth-order valence-electron chi connectivity index (χ4n) is 2.57. The molecular formula is C15H25N3O4. The predicted molar refractivity (Wildman–Crippen MR) is 79.9 cm³/mol. The van der Waals surface area contributed by atoms with Crippen LogP contribution >= 0.6 is 0 Å². The summed E-state index contributed by atoms with van der Waals surface area (Å²) >= 11 is 0. The van der Waals surface area contributed by atoms with Crippen molar-refractivity contribution in [3.63, 3.8) is 0 Å². The van der Waals surface area contributed by atoms with E-state index in [9.17, 15) is 9.59 Å². The van der Waals surface area contributed by atoms with E-state index in [0.29, 0.717) is 5.92 Å². The molecule has 124 valence electrons. The topological polar surface area (TPSA) is 82.9 Å². The maximum atomic E-state index is 12.1. The van der Waals surface area contributed by atoms with E-state index in [-0.39, 0.29) is 19.8 Å². The van der Waals surface area contributed by atoms with Gasteiger partial charge in [-0.2, -0.15) is 5.26 Å². The Labute approximate surface area is 131 Å². The van der Waals surface area contributed by atoms with Gasteiger partial charge in [-0.05, 0) is 12.3 Å². The summed E-state index contributed by atoms with van der Waals surface area (Å²) < 4.78 is 9.82. The molecule has 0 radical (unpaired) electrons. The third-order valence-corrected chi connectivity index (χ3v) is 3.89. The first-order valence-corrected chi connectivity index (χ1v) is 7.70. The summed E-state index contributed by atoms with van der Waals surface area (Å²) in [5.41, 5.74) is 0. The third kappa shape index (κ3) is 5.90. The van der Waals surface area contributed by atoms with Crippen molar-refractivity contribution in [1.29, 1.82) is 5.26 Å². The highest BCUT2D eigenvalue weighted by molar-refractivity contribution is 5.91. The van der Waals surface area contributed by atoms with Crippen LogP contribution in [0.3, 0.4) is 0 Å². The average molecular weight is 311 g/mol. The van der Waals surface area contributed by atoms with Crippen LogP contribution in [0.2, 0.25) is 0 Å². The molecule has 0 aromatic rings. The van der Waals surface area contributed by atoms with Crippen LogP contribution in [0.5, 0.6) is 0 Å². The number of hydrogen-bond acceptors (Lipinski definition) is 5. The lowest BCUT2D eigenvalue weighted by Gasteiger charge is -2.26. The Kier molecular flexibility index (Phi) is 8.30. The maximum absolute atomic E-state index is 12.1. The van der Waals surface area contributed by atoms with Gasteiger partial charge in [0.15, 0.2) is 6.19 Å². The van der Waals surface area contributed by atoms with Gasteiger partial charge in [0.05, 0.1) is 6.61 Å². The zero-order valence-corrected chi connectivity index (χ0v) is 13.4. The molecule has 3 amide bonds. The molecule has 0 aliphatic heterocycles. The number of methoxy groups -OCH3 is 1. The van der Waals surface area contributed by atoms with Crippen molar-refractivity contribution < 1.29 is 19.1 Å². The van der Waals surface area contributed by atoms with E-state index in [1.165, 1.54) is 33.4 Å². The molecule has 0 spiro atoms. The van der Waals surface area contributed by atoms with Crippen molar-refractivity contribution in [2.75, 3.05) is 33.9 Å². The number of imide groups is 1. The van der Waals surface area contributed by atoms with Crippen LogP contribution in [0.25, 0.3) is 0 Å². The Bertz CT molecular complexity index is 402. The van der Waals surface area contributed by atoms with E-state index in [0.717, 1.165) is 29.1 Å². The molecule has 0 saturated heterocycles. The second-order valence-corrected chi connectivity index (χ2v) is 5.49. The summed E-state index contributed by atoms with van der Waals surface area (Å²) in [7, 11) is 2.83. The number of nitrogens with zero attached hydrogens (tertiary/aromatic N) is 3. The van der Waals surface area contributed by atoms with E-state index in [1.807, 2.05) is 0 Å². The molecule has 0 heterocycles. The fraction of sp³-hybridized carbons (Fsp3) is 0.800. The summed E-state index contributed by atoms with van der Waals surface area (Å²) in [4.78, 5) is 26.0. The molecule has 1 aliphatic carbocycles. The van der Waals surface area contributed by atoms with Crippen molar-refractivity contribution >= 4 is 12.1 Å². The highest BCUT2D eigenvalue weighted by Gasteiger charge is 2.27. The zero-order chi connectivity index (χ0) is 16.4. The normalized spacial score (nSPS) is 15.0. The molecule has 1 saturated carbocycles. The average Bonchev–Trinajstić information content (AvgIpc) is 2.55. The first kappa shape index (κ1) is 18.2. The van der Waals surface area contributed by atoms with Gasteiger partial charge in [-0.1, -0.05) is 32.1 Å². The van der Waals surface area contributed by atoms with Crippen molar-refractivity contribution in [3.8, 4) is 6.19 Å². The Morgan fingerprint density at radius 1 is 1.23 bits per heavy atom. The van der Waals surface area contributed by atoms with Crippen LogP contribution in [0.4, 0.5) is 9.59 Å². The van der Waals surface area contributed by atoms with Crippen molar-refractivity contribution in [2.24, 2.45) is 5.92 Å². The van der Waals surface area contributed by atoms with Crippen molar-refractivity contribution in [1.82, 2.24) is 9.80 Å². The SMILES string of the molecule is COCCOC(=O)N(CCC1CCCCC1)C(=O)N(C)C#N. The molecule has 7 nitrogen and oxygen atoms in total. The van der Waals surface area contributed by atoms with Crippen LogP contribution in [0, 0.1) is 17.4 Å². The molecular weight excluding hydrogens is 286 g/mol. The van der Waals surface area contributed by atoms with E-state index < -0.39 is 12.1 Å². The van der Waals surface area contributed by atoms with Gasteiger partial charge >= 0.3 is 12.1 Å². The summed E-state index contributed by atoms with van der Waals surface area (Å²) in [5, 5.41) is 8.82. The fourth-order valence-corrected chi connectivity index (χ4v) is 2.57. The molecule has 22 heavy (non-hydrogen) atoms.